The molecular formula is C32H40FN3O8. The Hall–Kier alpha value is -3.87. The van der Waals surface area contributed by atoms with Crippen molar-refractivity contribution < 1.29 is 42.9 Å². The van der Waals surface area contributed by atoms with E-state index in [0.717, 1.165) is 11.6 Å². The summed E-state index contributed by atoms with van der Waals surface area (Å²) in [5, 5.41) is 15.1. The number of phenolic OH excluding ortho intramolecular Hbond substituents is 1. The van der Waals surface area contributed by atoms with E-state index in [4.69, 9.17) is 14.2 Å². The molecule has 0 unspecified atom stereocenters. The molecule has 238 valence electrons. The molecular weight excluding hydrogens is 573 g/mol. The van der Waals surface area contributed by atoms with Crippen LogP contribution in [0.5, 0.6) is 11.5 Å². The summed E-state index contributed by atoms with van der Waals surface area (Å²) in [6.07, 6.45) is -0.0597. The third kappa shape index (κ3) is 9.07. The number of nitrogens with one attached hydrogen (secondary N) is 2. The first-order valence-electron chi connectivity index (χ1n) is 14.7. The summed E-state index contributed by atoms with van der Waals surface area (Å²) in [4.78, 5) is 55.0. The van der Waals surface area contributed by atoms with Crippen molar-refractivity contribution >= 4 is 23.4 Å². The molecule has 0 radical (unpaired) electrons. The molecule has 0 spiro atoms. The van der Waals surface area contributed by atoms with Gasteiger partial charge in [0, 0.05) is 25.4 Å². The van der Waals surface area contributed by atoms with Crippen molar-refractivity contribution in [1.29, 1.82) is 0 Å². The molecule has 0 aromatic heterocycles. The molecule has 2 aromatic carbocycles. The van der Waals surface area contributed by atoms with E-state index in [1.165, 1.54) is 12.1 Å². The van der Waals surface area contributed by atoms with Gasteiger partial charge < -0.3 is 30.0 Å². The summed E-state index contributed by atoms with van der Waals surface area (Å²) < 4.78 is 29.9. The highest BCUT2D eigenvalue weighted by atomic mass is 19.1. The Morgan fingerprint density at radius 1 is 1.05 bits per heavy atom. The molecule has 4 rings (SSSR count). The number of amides is 2. The third-order valence-corrected chi connectivity index (χ3v) is 7.97. The van der Waals surface area contributed by atoms with E-state index in [-0.39, 0.29) is 49.9 Å². The first kappa shape index (κ1) is 33.0. The number of halogens is 1. The lowest BCUT2D eigenvalue weighted by molar-refractivity contribution is -0.134. The molecule has 2 fully saturated rings. The van der Waals surface area contributed by atoms with Gasteiger partial charge in [-0.15, -0.1) is 0 Å². The van der Waals surface area contributed by atoms with Gasteiger partial charge in [-0.1, -0.05) is 18.2 Å². The van der Waals surface area contributed by atoms with E-state index in [1.54, 1.807) is 45.2 Å². The summed E-state index contributed by atoms with van der Waals surface area (Å²) in [6.45, 7) is 5.86. The minimum absolute atomic E-state index is 0.0437. The lowest BCUT2D eigenvalue weighted by Crippen LogP contribution is -2.50. The molecule has 0 bridgehead atoms. The maximum absolute atomic E-state index is 14.1. The van der Waals surface area contributed by atoms with Crippen molar-refractivity contribution in [3.8, 4) is 11.5 Å². The number of ketones is 2. The molecule has 2 aromatic rings. The van der Waals surface area contributed by atoms with Crippen LogP contribution in [-0.2, 0) is 41.5 Å². The molecule has 11 nitrogen and oxygen atoms in total. The van der Waals surface area contributed by atoms with Crippen LogP contribution in [-0.4, -0.2) is 97.6 Å². The first-order valence-corrected chi connectivity index (χ1v) is 14.7. The number of carbonyl (C=O) groups excluding carboxylic acids is 4. The quantitative estimate of drug-likeness (QED) is 0.255. The molecule has 2 heterocycles. The summed E-state index contributed by atoms with van der Waals surface area (Å²) in [5.74, 6) is -3.17. The fourth-order valence-electron chi connectivity index (χ4n) is 5.08. The van der Waals surface area contributed by atoms with Crippen LogP contribution in [0, 0.1) is 11.7 Å². The number of aromatic hydroxyl groups is 1. The molecule has 2 aliphatic rings. The average Bonchev–Trinajstić information content (AvgIpc) is 3.76. The third-order valence-electron chi connectivity index (χ3n) is 7.97. The second kappa shape index (κ2) is 14.7. The molecule has 4 atom stereocenters. The standard InChI is InChI=1S/C32H40FN3O8/c1-20(34-29(39)18-36-10-12-43-13-11-36)28(38)17-23(14-21-4-7-24(42-3)8-5-21)31(41)35-26(30(40)32(2)19-44-32)16-22-6-9-27(37)25(33)15-22/h4-9,15,20,23,26,37H,10-14,16-19H2,1-3H3,(H,34,39)(H,35,41)/t20-,23+,26-,32+/m0/s1. The summed E-state index contributed by atoms with van der Waals surface area (Å²) in [5.41, 5.74) is 0.0832. The normalized spacial score (nSPS) is 20.2. The van der Waals surface area contributed by atoms with E-state index < -0.39 is 41.1 Å². The average molecular weight is 614 g/mol. The number of carbonyl (C=O) groups is 4. The minimum atomic E-state index is -1.08. The topological polar surface area (TPSA) is 147 Å². The molecule has 2 amide bonds. The molecule has 44 heavy (non-hydrogen) atoms. The van der Waals surface area contributed by atoms with Gasteiger partial charge in [-0.25, -0.2) is 4.39 Å². The van der Waals surface area contributed by atoms with Gasteiger partial charge in [-0.3, -0.25) is 24.1 Å². The van der Waals surface area contributed by atoms with Crippen molar-refractivity contribution in [2.45, 2.75) is 50.8 Å². The second-order valence-corrected chi connectivity index (χ2v) is 11.5. The van der Waals surface area contributed by atoms with E-state index in [1.807, 2.05) is 4.90 Å². The lowest BCUT2D eigenvalue weighted by atomic mass is 9.89. The van der Waals surface area contributed by atoms with Crippen LogP contribution in [0.25, 0.3) is 0 Å². The number of epoxide rings is 1. The van der Waals surface area contributed by atoms with Crippen molar-refractivity contribution in [3.63, 3.8) is 0 Å². The molecule has 3 N–H and O–H groups in total. The monoisotopic (exact) mass is 613 g/mol. The van der Waals surface area contributed by atoms with E-state index in [0.29, 0.717) is 37.6 Å². The van der Waals surface area contributed by atoms with Crippen molar-refractivity contribution in [2.75, 3.05) is 46.6 Å². The maximum atomic E-state index is 14.1. The van der Waals surface area contributed by atoms with Gasteiger partial charge in [0.25, 0.3) is 0 Å². The van der Waals surface area contributed by atoms with Gasteiger partial charge in [0.2, 0.25) is 11.8 Å². The number of rotatable bonds is 15. The van der Waals surface area contributed by atoms with Crippen molar-refractivity contribution in [3.05, 3.63) is 59.4 Å². The summed E-state index contributed by atoms with van der Waals surface area (Å²) in [6, 6.07) is 8.93. The Labute approximate surface area is 256 Å². The smallest absolute Gasteiger partial charge is 0.234 e. The van der Waals surface area contributed by atoms with Crippen molar-refractivity contribution in [2.24, 2.45) is 5.92 Å². The SMILES string of the molecule is COc1ccc(C[C@H](CC(=O)[C@H](C)NC(=O)CN2CCOCC2)C(=O)N[C@@H](Cc2ccc(O)c(F)c2)C(=O)[C@@]2(C)CO2)cc1. The van der Waals surface area contributed by atoms with E-state index in [2.05, 4.69) is 10.6 Å². The minimum Gasteiger partial charge on any atom is -0.505 e. The first-order chi connectivity index (χ1) is 21.0. The Morgan fingerprint density at radius 2 is 1.70 bits per heavy atom. The molecule has 2 aliphatic heterocycles. The maximum Gasteiger partial charge on any atom is 0.234 e. The molecule has 0 aliphatic carbocycles. The Bertz CT molecular complexity index is 1340. The second-order valence-electron chi connectivity index (χ2n) is 11.5. The number of nitrogens with zero attached hydrogens (tertiary/aromatic N) is 1. The summed E-state index contributed by atoms with van der Waals surface area (Å²) in [7, 11) is 1.54. The molecule has 12 heteroatoms. The highest BCUT2D eigenvalue weighted by Crippen LogP contribution is 2.30. The number of hydrogen-bond donors (Lipinski definition) is 3. The number of benzene rings is 2. The van der Waals surface area contributed by atoms with Crippen LogP contribution >= 0.6 is 0 Å². The molecule has 2 saturated heterocycles. The number of methoxy groups -OCH3 is 1. The van der Waals surface area contributed by atoms with Crippen LogP contribution in [0.4, 0.5) is 4.39 Å². The number of hydrogen-bond acceptors (Lipinski definition) is 9. The van der Waals surface area contributed by atoms with E-state index in [9.17, 15) is 28.7 Å². The lowest BCUT2D eigenvalue weighted by Gasteiger charge is -2.27. The highest BCUT2D eigenvalue weighted by Gasteiger charge is 2.50. The number of Topliss-reactive ketones (excluding diaryl/α,β-unsaturated/α-hetero) is 2. The van der Waals surface area contributed by atoms with Crippen LogP contribution in [0.2, 0.25) is 0 Å². The number of morpholine rings is 1. The highest BCUT2D eigenvalue weighted by molar-refractivity contribution is 5.98. The van der Waals surface area contributed by atoms with E-state index >= 15 is 0 Å². The zero-order chi connectivity index (χ0) is 31.9. The number of ether oxygens (including phenoxy) is 3. The summed E-state index contributed by atoms with van der Waals surface area (Å²) >= 11 is 0. The predicted molar refractivity (Wildman–Crippen MR) is 158 cm³/mol. The van der Waals surface area contributed by atoms with Gasteiger partial charge in [-0.05, 0) is 62.1 Å². The largest absolute Gasteiger partial charge is 0.505 e. The van der Waals surface area contributed by atoms with Crippen LogP contribution in [0.3, 0.4) is 0 Å². The fourth-order valence-corrected chi connectivity index (χ4v) is 5.08. The van der Waals surface area contributed by atoms with Crippen LogP contribution in [0.15, 0.2) is 42.5 Å². The number of phenols is 1. The molecule has 0 saturated carbocycles. The zero-order valence-electron chi connectivity index (χ0n) is 25.3. The van der Waals surface area contributed by atoms with Crippen LogP contribution in [0.1, 0.15) is 31.4 Å². The van der Waals surface area contributed by atoms with Gasteiger partial charge in [0.15, 0.2) is 23.1 Å². The van der Waals surface area contributed by atoms with Crippen molar-refractivity contribution in [1.82, 2.24) is 15.5 Å². The van der Waals surface area contributed by atoms with Gasteiger partial charge in [-0.2, -0.15) is 0 Å². The Balaban J connectivity index is 1.49. The Kier molecular flexibility index (Phi) is 11.1. The van der Waals surface area contributed by atoms with Gasteiger partial charge in [0.05, 0.1) is 45.6 Å². The van der Waals surface area contributed by atoms with Gasteiger partial charge in [0.1, 0.15) is 11.4 Å². The predicted octanol–water partition coefficient (Wildman–Crippen LogP) is 1.58. The van der Waals surface area contributed by atoms with Crippen LogP contribution < -0.4 is 15.4 Å². The zero-order valence-corrected chi connectivity index (χ0v) is 25.3. The fraction of sp³-hybridized carbons (Fsp3) is 0.500. The van der Waals surface area contributed by atoms with Gasteiger partial charge >= 0.3 is 0 Å². The Morgan fingerprint density at radius 3 is 2.32 bits per heavy atom.